The Bertz CT molecular complexity index is 1470. The van der Waals surface area contributed by atoms with E-state index in [1.54, 1.807) is 54.6 Å². The van der Waals surface area contributed by atoms with Gasteiger partial charge in [-0.1, -0.05) is 47.6 Å². The molecule has 2 aromatic carbocycles. The van der Waals surface area contributed by atoms with Crippen LogP contribution in [0.3, 0.4) is 0 Å². The van der Waals surface area contributed by atoms with Crippen LogP contribution in [0, 0.1) is 5.41 Å². The van der Waals surface area contributed by atoms with Crippen molar-refractivity contribution in [1.29, 1.82) is 5.41 Å². The van der Waals surface area contributed by atoms with Gasteiger partial charge in [-0.05, 0) is 17.7 Å². The molecule has 0 spiro atoms. The summed E-state index contributed by atoms with van der Waals surface area (Å²) < 4.78 is 28.9. The van der Waals surface area contributed by atoms with E-state index in [9.17, 15) is 23.1 Å². The molecule has 2 atom stereocenters. The van der Waals surface area contributed by atoms with Crippen molar-refractivity contribution in [3.63, 3.8) is 0 Å². The van der Waals surface area contributed by atoms with Crippen LogP contribution in [0.4, 0.5) is 0 Å². The number of carbonyl (C=O) groups is 2. The molecule has 1 amide bonds. The first-order valence-corrected chi connectivity index (χ1v) is 12.9. The number of amidine groups is 1. The first-order valence-electron chi connectivity index (χ1n) is 11.4. The van der Waals surface area contributed by atoms with Crippen LogP contribution in [0.5, 0.6) is 0 Å². The summed E-state index contributed by atoms with van der Waals surface area (Å²) in [7, 11) is -4.24. The topological polar surface area (TPSA) is 202 Å². The van der Waals surface area contributed by atoms with Gasteiger partial charge in [0.05, 0.1) is 30.2 Å². The molecular weight excluding hydrogens is 514 g/mol. The van der Waals surface area contributed by atoms with Crippen molar-refractivity contribution in [2.75, 3.05) is 6.54 Å². The smallest absolute Gasteiger partial charge is 0.323 e. The summed E-state index contributed by atoms with van der Waals surface area (Å²) in [4.78, 5) is 29.2. The number of carboxylic acids is 1. The first kappa shape index (κ1) is 26.5. The maximum absolute atomic E-state index is 12.7. The van der Waals surface area contributed by atoms with Gasteiger partial charge in [-0.2, -0.15) is 9.82 Å². The number of hydrogen-bond acceptors (Lipinski definition) is 8. The Labute approximate surface area is 217 Å². The molecule has 4 rings (SSSR count). The number of nitrogen functional groups attached to an aromatic ring is 1. The van der Waals surface area contributed by atoms with Crippen LogP contribution in [-0.4, -0.2) is 65.4 Å². The number of sulfonamides is 1. The summed E-state index contributed by atoms with van der Waals surface area (Å²) in [6, 6.07) is 14.0. The lowest BCUT2D eigenvalue weighted by molar-refractivity contribution is -0.138. The largest absolute Gasteiger partial charge is 0.480 e. The van der Waals surface area contributed by atoms with Crippen LogP contribution >= 0.6 is 0 Å². The molecule has 0 saturated heterocycles. The molecule has 1 aliphatic rings. The van der Waals surface area contributed by atoms with Crippen LogP contribution in [0.1, 0.15) is 24.0 Å². The number of nitrogens with zero attached hydrogens (tertiary/aromatic N) is 3. The number of carbonyl (C=O) groups excluding carboxylic acids is 1. The highest BCUT2D eigenvalue weighted by Crippen LogP contribution is 2.19. The third-order valence-corrected chi connectivity index (χ3v) is 7.09. The lowest BCUT2D eigenvalue weighted by atomic mass is 10.0. The molecule has 0 aliphatic carbocycles. The quantitative estimate of drug-likeness (QED) is 0.172. The fraction of sp³-hybridized carbons (Fsp3) is 0.208. The molecule has 0 fully saturated rings. The Morgan fingerprint density at radius 3 is 2.55 bits per heavy atom. The summed E-state index contributed by atoms with van der Waals surface area (Å²) in [6.07, 6.45) is 2.03. The number of rotatable bonds is 11. The number of para-hydroxylation sites is 1. The predicted octanol–water partition coefficient (Wildman–Crippen LogP) is 0.587. The highest BCUT2D eigenvalue weighted by Gasteiger charge is 2.29. The van der Waals surface area contributed by atoms with Crippen molar-refractivity contribution in [3.8, 4) is 5.69 Å². The first-order chi connectivity index (χ1) is 18.1. The summed E-state index contributed by atoms with van der Waals surface area (Å²) in [6.45, 7) is -0.479. The molecule has 6 N–H and O–H groups in total. The van der Waals surface area contributed by atoms with E-state index in [-0.39, 0.29) is 17.2 Å². The maximum atomic E-state index is 12.7. The van der Waals surface area contributed by atoms with Gasteiger partial charge in [0.1, 0.15) is 22.9 Å². The summed E-state index contributed by atoms with van der Waals surface area (Å²) >= 11 is 0. The second-order valence-corrected chi connectivity index (χ2v) is 10.2. The number of amides is 1. The third-order valence-electron chi connectivity index (χ3n) is 5.66. The Balaban J connectivity index is 1.30. The summed E-state index contributed by atoms with van der Waals surface area (Å²) in [5.74, 6) is -2.04. The molecule has 0 radical (unpaired) electrons. The van der Waals surface area contributed by atoms with E-state index >= 15 is 0 Å². The second kappa shape index (κ2) is 11.2. The van der Waals surface area contributed by atoms with Crippen LogP contribution in [-0.2, 0) is 24.4 Å². The van der Waals surface area contributed by atoms with E-state index in [2.05, 4.69) is 20.3 Å². The third kappa shape index (κ3) is 6.41. The molecule has 38 heavy (non-hydrogen) atoms. The Morgan fingerprint density at radius 1 is 1.18 bits per heavy atom. The summed E-state index contributed by atoms with van der Waals surface area (Å²) in [5, 5.41) is 27.4. The van der Waals surface area contributed by atoms with Gasteiger partial charge < -0.3 is 21.0 Å². The maximum Gasteiger partial charge on any atom is 0.323 e. The van der Waals surface area contributed by atoms with Crippen LogP contribution < -0.4 is 15.8 Å². The van der Waals surface area contributed by atoms with E-state index in [0.29, 0.717) is 23.4 Å². The van der Waals surface area contributed by atoms with Gasteiger partial charge in [0.15, 0.2) is 0 Å². The molecule has 1 unspecified atom stereocenters. The van der Waals surface area contributed by atoms with Gasteiger partial charge in [-0.15, -0.1) is 0 Å². The zero-order valence-corrected chi connectivity index (χ0v) is 20.8. The van der Waals surface area contributed by atoms with Gasteiger partial charge in [0.2, 0.25) is 15.9 Å². The SMILES string of the molecule is N=C(N)c1ccc(C2=NOC(CC(=O)NC[C@H](NS(=O)(=O)c3cnn(-c4ccccc4)c3)C(=O)O)C2)cc1. The molecular formula is C24H25N7O6S. The number of carboxylic acid groups (broad SMARTS) is 1. The number of benzene rings is 2. The van der Waals surface area contributed by atoms with Crippen molar-refractivity contribution in [2.45, 2.75) is 29.9 Å². The Kier molecular flexibility index (Phi) is 7.83. The Hall–Kier alpha value is -4.56. The van der Waals surface area contributed by atoms with E-state index in [1.165, 1.54) is 10.9 Å². The molecule has 1 aromatic heterocycles. The minimum atomic E-state index is -4.24. The molecule has 1 aliphatic heterocycles. The van der Waals surface area contributed by atoms with Gasteiger partial charge in [0.25, 0.3) is 0 Å². The minimum absolute atomic E-state index is 0.0556. The number of aliphatic carboxylic acids is 1. The van der Waals surface area contributed by atoms with Crippen LogP contribution in [0.25, 0.3) is 5.69 Å². The van der Waals surface area contributed by atoms with Gasteiger partial charge in [0, 0.05) is 18.5 Å². The predicted molar refractivity (Wildman–Crippen MR) is 136 cm³/mol. The van der Waals surface area contributed by atoms with E-state index in [1.807, 2.05) is 0 Å². The Morgan fingerprint density at radius 2 is 1.89 bits per heavy atom. The average molecular weight is 540 g/mol. The second-order valence-electron chi connectivity index (χ2n) is 8.44. The molecule has 198 valence electrons. The molecule has 0 saturated carbocycles. The zero-order valence-electron chi connectivity index (χ0n) is 19.9. The fourth-order valence-electron chi connectivity index (χ4n) is 3.65. The number of hydrogen-bond donors (Lipinski definition) is 5. The fourth-order valence-corrected chi connectivity index (χ4v) is 4.77. The van der Waals surface area contributed by atoms with Gasteiger partial charge in [-0.25, -0.2) is 13.1 Å². The highest BCUT2D eigenvalue weighted by atomic mass is 32.2. The van der Waals surface area contributed by atoms with Crippen LogP contribution in [0.2, 0.25) is 0 Å². The van der Waals surface area contributed by atoms with Crippen molar-refractivity contribution in [1.82, 2.24) is 19.8 Å². The summed E-state index contributed by atoms with van der Waals surface area (Å²) in [5.41, 5.74) is 8.03. The molecule has 13 nitrogen and oxygen atoms in total. The van der Waals surface area contributed by atoms with E-state index < -0.39 is 40.6 Å². The highest BCUT2D eigenvalue weighted by molar-refractivity contribution is 7.89. The lowest BCUT2D eigenvalue weighted by Crippen LogP contribution is -2.48. The van der Waals surface area contributed by atoms with Crippen molar-refractivity contribution in [3.05, 3.63) is 78.1 Å². The van der Waals surface area contributed by atoms with E-state index in [0.717, 1.165) is 11.8 Å². The van der Waals surface area contributed by atoms with Gasteiger partial charge in [-0.3, -0.25) is 15.0 Å². The normalized spacial score (nSPS) is 15.8. The molecule has 14 heteroatoms. The number of nitrogens with two attached hydrogens (primary N) is 1. The van der Waals surface area contributed by atoms with Gasteiger partial charge >= 0.3 is 5.97 Å². The molecule has 2 heterocycles. The zero-order chi connectivity index (χ0) is 27.3. The minimum Gasteiger partial charge on any atom is -0.480 e. The van der Waals surface area contributed by atoms with Crippen molar-refractivity contribution >= 4 is 33.4 Å². The number of nitrogens with one attached hydrogen (secondary N) is 3. The standard InChI is InChI=1S/C24H25N7O6S/c25-23(26)16-8-6-15(7-9-16)20-10-18(37-29-20)11-22(32)27-13-21(24(33)34)30-38(35,36)19-12-28-31(14-19)17-4-2-1-3-5-17/h1-9,12,14,18,21,30H,10-11,13H2,(H3,25,26)(H,27,32)(H,33,34)/t18?,21-/m0/s1. The monoisotopic (exact) mass is 539 g/mol. The van der Waals surface area contributed by atoms with Crippen LogP contribution in [0.15, 0.2) is 77.0 Å². The molecule has 0 bridgehead atoms. The van der Waals surface area contributed by atoms with E-state index in [4.69, 9.17) is 16.0 Å². The number of aromatic nitrogens is 2. The lowest BCUT2D eigenvalue weighted by Gasteiger charge is -2.15. The number of oxime groups is 1. The van der Waals surface area contributed by atoms with Crippen molar-refractivity contribution in [2.24, 2.45) is 10.9 Å². The molecule has 3 aromatic rings. The average Bonchev–Trinajstić information content (AvgIpc) is 3.58. The van der Waals surface area contributed by atoms with Crippen molar-refractivity contribution < 1.29 is 28.0 Å².